The smallest absolute Gasteiger partial charge is 0.246 e. The first-order chi connectivity index (χ1) is 6.65. The number of hydrogen-bond acceptors (Lipinski definition) is 6. The van der Waals surface area contributed by atoms with Gasteiger partial charge in [-0.25, -0.2) is 0 Å². The zero-order chi connectivity index (χ0) is 10.1. The third-order valence-corrected chi connectivity index (χ3v) is 3.02. The van der Waals surface area contributed by atoms with Crippen LogP contribution < -0.4 is 10.2 Å². The van der Waals surface area contributed by atoms with Crippen molar-refractivity contribution in [2.75, 3.05) is 18.0 Å². The Labute approximate surface area is 91.4 Å². The third kappa shape index (κ3) is 1.90. The van der Waals surface area contributed by atoms with Gasteiger partial charge in [-0.3, -0.25) is 14.9 Å². The highest BCUT2D eigenvalue weighted by Gasteiger charge is 2.24. The average molecular weight is 277 g/mol. The number of halogens is 1. The Balaban J connectivity index is 2.18. The molecule has 0 radical (unpaired) electrons. The Morgan fingerprint density at radius 1 is 1.29 bits per heavy atom. The molecule has 14 heavy (non-hydrogen) atoms. The van der Waals surface area contributed by atoms with Crippen molar-refractivity contribution in [2.45, 2.75) is 0 Å². The molecule has 6 nitrogen and oxygen atoms in total. The molecule has 2 rings (SSSR count). The lowest BCUT2D eigenvalue weighted by atomic mass is 10.4. The Hall–Kier alpha value is -1.02. The number of rotatable bonds is 1. The van der Waals surface area contributed by atoms with Crippen LogP contribution >= 0.6 is 27.3 Å². The van der Waals surface area contributed by atoms with Crippen LogP contribution in [0.3, 0.4) is 0 Å². The van der Waals surface area contributed by atoms with E-state index in [4.69, 9.17) is 0 Å². The summed E-state index contributed by atoms with van der Waals surface area (Å²) >= 11 is 4.45. The standard InChI is InChI=1S/C6H5BrN4O2S/c7-5-9-10-6(14-5)11-1-3(12)8-4(13)2-11/h1-2H2,(H,8,12,13). The van der Waals surface area contributed by atoms with Crippen LogP contribution in [0.5, 0.6) is 0 Å². The average Bonchev–Trinajstić information content (AvgIpc) is 2.50. The normalized spacial score (nSPS) is 17.1. The molecule has 2 heterocycles. The van der Waals surface area contributed by atoms with Crippen LogP contribution in [-0.4, -0.2) is 35.1 Å². The van der Waals surface area contributed by atoms with Crippen molar-refractivity contribution in [3.63, 3.8) is 0 Å². The van der Waals surface area contributed by atoms with Gasteiger partial charge >= 0.3 is 0 Å². The molecule has 0 unspecified atom stereocenters. The van der Waals surface area contributed by atoms with Crippen molar-refractivity contribution in [1.29, 1.82) is 0 Å². The second-order valence-electron chi connectivity index (χ2n) is 2.67. The minimum Gasteiger partial charge on any atom is -0.328 e. The summed E-state index contributed by atoms with van der Waals surface area (Å²) in [4.78, 5) is 23.7. The fraction of sp³-hybridized carbons (Fsp3) is 0.333. The fourth-order valence-corrected chi connectivity index (χ4v) is 2.18. The van der Waals surface area contributed by atoms with Gasteiger partial charge in [0, 0.05) is 0 Å². The van der Waals surface area contributed by atoms with E-state index in [1.54, 1.807) is 4.90 Å². The zero-order valence-electron chi connectivity index (χ0n) is 6.86. The van der Waals surface area contributed by atoms with Crippen LogP contribution in [0.4, 0.5) is 5.13 Å². The van der Waals surface area contributed by atoms with E-state index in [1.807, 2.05) is 0 Å². The number of carbonyl (C=O) groups is 2. The molecule has 1 N–H and O–H groups in total. The number of carbonyl (C=O) groups excluding carboxylic acids is 2. The second-order valence-corrected chi connectivity index (χ2v) is 4.90. The van der Waals surface area contributed by atoms with Gasteiger partial charge in [0.1, 0.15) is 13.1 Å². The predicted molar refractivity (Wildman–Crippen MR) is 53.0 cm³/mol. The Morgan fingerprint density at radius 2 is 1.93 bits per heavy atom. The van der Waals surface area contributed by atoms with Crippen LogP contribution in [0.25, 0.3) is 0 Å². The van der Waals surface area contributed by atoms with Crippen LogP contribution in [0.15, 0.2) is 3.92 Å². The molecular formula is C6H5BrN4O2S. The largest absolute Gasteiger partial charge is 0.328 e. The second kappa shape index (κ2) is 3.62. The summed E-state index contributed by atoms with van der Waals surface area (Å²) in [7, 11) is 0. The van der Waals surface area contributed by atoms with Crippen molar-refractivity contribution >= 4 is 44.2 Å². The van der Waals surface area contributed by atoms with E-state index in [0.717, 1.165) is 0 Å². The van der Waals surface area contributed by atoms with Crippen molar-refractivity contribution in [1.82, 2.24) is 15.5 Å². The van der Waals surface area contributed by atoms with Gasteiger partial charge in [0.25, 0.3) is 0 Å². The van der Waals surface area contributed by atoms with Crippen molar-refractivity contribution in [2.24, 2.45) is 0 Å². The molecule has 1 saturated heterocycles. The van der Waals surface area contributed by atoms with E-state index >= 15 is 0 Å². The number of aromatic nitrogens is 2. The van der Waals surface area contributed by atoms with Gasteiger partial charge in [0.05, 0.1) is 0 Å². The molecule has 0 aromatic carbocycles. The molecule has 1 fully saturated rings. The summed E-state index contributed by atoms with van der Waals surface area (Å²) in [6, 6.07) is 0. The van der Waals surface area contributed by atoms with E-state index in [0.29, 0.717) is 9.05 Å². The lowest BCUT2D eigenvalue weighted by molar-refractivity contribution is -0.130. The molecule has 0 aliphatic carbocycles. The van der Waals surface area contributed by atoms with Gasteiger partial charge < -0.3 is 4.90 Å². The highest BCUT2D eigenvalue weighted by atomic mass is 79.9. The summed E-state index contributed by atoms with van der Waals surface area (Å²) in [6.07, 6.45) is 0. The summed E-state index contributed by atoms with van der Waals surface area (Å²) in [5, 5.41) is 10.3. The highest BCUT2D eigenvalue weighted by molar-refractivity contribution is 9.11. The summed E-state index contributed by atoms with van der Waals surface area (Å²) < 4.78 is 0.630. The lowest BCUT2D eigenvalue weighted by Gasteiger charge is -2.23. The van der Waals surface area contributed by atoms with E-state index in [9.17, 15) is 9.59 Å². The molecule has 1 aliphatic heterocycles. The molecule has 2 amide bonds. The Kier molecular flexibility index (Phi) is 2.46. The summed E-state index contributed by atoms with van der Waals surface area (Å²) in [5.74, 6) is -0.625. The van der Waals surface area contributed by atoms with Crippen LogP contribution in [-0.2, 0) is 9.59 Å². The molecule has 0 bridgehead atoms. The van der Waals surface area contributed by atoms with Crippen LogP contribution in [0.2, 0.25) is 0 Å². The minimum absolute atomic E-state index is 0.146. The number of amides is 2. The zero-order valence-corrected chi connectivity index (χ0v) is 9.26. The number of nitrogens with one attached hydrogen (secondary N) is 1. The van der Waals surface area contributed by atoms with Gasteiger partial charge in [-0.1, -0.05) is 11.3 Å². The molecule has 1 aromatic heterocycles. The van der Waals surface area contributed by atoms with Crippen molar-refractivity contribution < 1.29 is 9.59 Å². The maximum Gasteiger partial charge on any atom is 0.246 e. The SMILES string of the molecule is O=C1CN(c2nnc(Br)s2)CC(=O)N1. The molecule has 0 saturated carbocycles. The molecule has 0 spiro atoms. The highest BCUT2D eigenvalue weighted by Crippen LogP contribution is 2.24. The van der Waals surface area contributed by atoms with E-state index < -0.39 is 0 Å². The minimum atomic E-state index is -0.312. The topological polar surface area (TPSA) is 75.2 Å². The van der Waals surface area contributed by atoms with Crippen molar-refractivity contribution in [3.8, 4) is 0 Å². The number of piperazine rings is 1. The fourth-order valence-electron chi connectivity index (χ4n) is 1.10. The van der Waals surface area contributed by atoms with E-state index in [-0.39, 0.29) is 24.9 Å². The first-order valence-corrected chi connectivity index (χ1v) is 5.33. The van der Waals surface area contributed by atoms with Gasteiger partial charge in [-0.05, 0) is 15.9 Å². The summed E-state index contributed by atoms with van der Waals surface area (Å²) in [5.41, 5.74) is 0. The third-order valence-electron chi connectivity index (χ3n) is 1.61. The molecule has 1 aromatic rings. The maximum atomic E-state index is 11.0. The Bertz CT molecular complexity index is 377. The number of imide groups is 1. The van der Waals surface area contributed by atoms with E-state index in [1.165, 1.54) is 11.3 Å². The monoisotopic (exact) mass is 276 g/mol. The van der Waals surface area contributed by atoms with Gasteiger partial charge in [-0.15, -0.1) is 10.2 Å². The van der Waals surface area contributed by atoms with Gasteiger partial charge in [-0.2, -0.15) is 0 Å². The first kappa shape index (κ1) is 9.53. The number of nitrogens with zero attached hydrogens (tertiary/aromatic N) is 3. The summed E-state index contributed by atoms with van der Waals surface area (Å²) in [6.45, 7) is 0.292. The molecule has 8 heteroatoms. The van der Waals surface area contributed by atoms with E-state index in [2.05, 4.69) is 31.4 Å². The van der Waals surface area contributed by atoms with Gasteiger partial charge in [0.2, 0.25) is 16.9 Å². The number of hydrogen-bond donors (Lipinski definition) is 1. The predicted octanol–water partition coefficient (Wildman–Crippen LogP) is -0.237. The quantitative estimate of drug-likeness (QED) is 0.717. The van der Waals surface area contributed by atoms with Crippen LogP contribution in [0, 0.1) is 0 Å². The van der Waals surface area contributed by atoms with Crippen LogP contribution in [0.1, 0.15) is 0 Å². The number of anilines is 1. The lowest BCUT2D eigenvalue weighted by Crippen LogP contribution is -2.51. The molecule has 74 valence electrons. The van der Waals surface area contributed by atoms with Gasteiger partial charge in [0.15, 0.2) is 3.92 Å². The molecule has 0 atom stereocenters. The molecular weight excluding hydrogens is 272 g/mol. The Morgan fingerprint density at radius 3 is 2.43 bits per heavy atom. The molecule has 1 aliphatic rings. The maximum absolute atomic E-state index is 11.0. The first-order valence-electron chi connectivity index (χ1n) is 3.72. The van der Waals surface area contributed by atoms with Crippen molar-refractivity contribution in [3.05, 3.63) is 3.92 Å².